The van der Waals surface area contributed by atoms with Crippen molar-refractivity contribution in [2.24, 2.45) is 0 Å². The van der Waals surface area contributed by atoms with Crippen LogP contribution in [0.3, 0.4) is 0 Å². The van der Waals surface area contributed by atoms with E-state index in [-0.39, 0.29) is 11.1 Å². The van der Waals surface area contributed by atoms with Gasteiger partial charge in [0.15, 0.2) is 5.78 Å². The van der Waals surface area contributed by atoms with E-state index in [9.17, 15) is 9.18 Å². The Morgan fingerprint density at radius 1 is 1.05 bits per heavy atom. The fourth-order valence-corrected chi connectivity index (χ4v) is 2.90. The second kappa shape index (κ2) is 6.58. The van der Waals surface area contributed by atoms with Crippen LogP contribution in [-0.2, 0) is 0 Å². The lowest BCUT2D eigenvalue weighted by atomic mass is 10.0. The Kier molecular flexibility index (Phi) is 5.00. The first-order chi connectivity index (χ1) is 9.99. The molecule has 0 fully saturated rings. The molecule has 0 unspecified atom stereocenters. The minimum atomic E-state index is -0.594. The smallest absolute Gasteiger partial charge is 0.199 e. The van der Waals surface area contributed by atoms with E-state index >= 15 is 0 Å². The Morgan fingerprint density at radius 3 is 2.29 bits per heavy atom. The van der Waals surface area contributed by atoms with Gasteiger partial charge in [-0.15, -0.1) is 0 Å². The number of methoxy groups -OCH3 is 2. The topological polar surface area (TPSA) is 35.5 Å². The van der Waals surface area contributed by atoms with E-state index in [1.807, 2.05) is 0 Å². The van der Waals surface area contributed by atoms with Crippen LogP contribution < -0.4 is 9.47 Å². The second-order valence-electron chi connectivity index (χ2n) is 4.12. The van der Waals surface area contributed by atoms with E-state index in [1.54, 1.807) is 18.2 Å². The van der Waals surface area contributed by atoms with Gasteiger partial charge in [0.2, 0.25) is 0 Å². The summed E-state index contributed by atoms with van der Waals surface area (Å²) < 4.78 is 25.4. The largest absolute Gasteiger partial charge is 0.495 e. The number of hydrogen-bond acceptors (Lipinski definition) is 3. The van der Waals surface area contributed by atoms with E-state index in [4.69, 9.17) is 9.47 Å². The zero-order valence-electron chi connectivity index (χ0n) is 11.2. The second-order valence-corrected chi connectivity index (χ2v) is 5.82. The molecule has 0 radical (unpaired) electrons. The van der Waals surface area contributed by atoms with Crippen molar-refractivity contribution in [1.82, 2.24) is 0 Å². The summed E-state index contributed by atoms with van der Waals surface area (Å²) in [5.74, 6) is -0.218. The van der Waals surface area contributed by atoms with Gasteiger partial charge >= 0.3 is 0 Å². The summed E-state index contributed by atoms with van der Waals surface area (Å²) in [5, 5.41) is 0. The van der Waals surface area contributed by atoms with Crippen LogP contribution in [0, 0.1) is 5.82 Å². The molecular weight excluding hydrogens is 407 g/mol. The molecule has 0 amide bonds. The number of hydrogen-bond donors (Lipinski definition) is 0. The molecule has 0 N–H and O–H groups in total. The molecule has 3 nitrogen and oxygen atoms in total. The van der Waals surface area contributed by atoms with Crippen LogP contribution in [-0.4, -0.2) is 20.0 Å². The van der Waals surface area contributed by atoms with Crippen LogP contribution >= 0.6 is 31.9 Å². The van der Waals surface area contributed by atoms with E-state index in [1.165, 1.54) is 26.4 Å². The Balaban J connectivity index is 2.55. The lowest BCUT2D eigenvalue weighted by Gasteiger charge is -2.13. The van der Waals surface area contributed by atoms with Gasteiger partial charge in [0, 0.05) is 4.47 Å². The first kappa shape index (κ1) is 16.0. The van der Waals surface area contributed by atoms with Crippen molar-refractivity contribution in [2.75, 3.05) is 14.2 Å². The predicted molar refractivity (Wildman–Crippen MR) is 84.8 cm³/mol. The zero-order chi connectivity index (χ0) is 15.6. The molecule has 0 spiro atoms. The molecule has 0 aliphatic rings. The number of benzene rings is 2. The van der Waals surface area contributed by atoms with Crippen LogP contribution in [0.5, 0.6) is 11.5 Å². The van der Waals surface area contributed by atoms with Crippen LogP contribution in [0.4, 0.5) is 4.39 Å². The predicted octanol–water partition coefficient (Wildman–Crippen LogP) is 4.60. The maximum absolute atomic E-state index is 13.9. The zero-order valence-corrected chi connectivity index (χ0v) is 14.4. The van der Waals surface area contributed by atoms with Gasteiger partial charge < -0.3 is 9.47 Å². The van der Waals surface area contributed by atoms with Gasteiger partial charge in [-0.1, -0.05) is 15.9 Å². The van der Waals surface area contributed by atoms with Crippen LogP contribution in [0.15, 0.2) is 39.3 Å². The van der Waals surface area contributed by atoms with Crippen molar-refractivity contribution in [2.45, 2.75) is 0 Å². The van der Waals surface area contributed by atoms with E-state index in [2.05, 4.69) is 31.9 Å². The maximum atomic E-state index is 13.9. The quantitative estimate of drug-likeness (QED) is 0.682. The van der Waals surface area contributed by atoms with Crippen molar-refractivity contribution in [3.8, 4) is 11.5 Å². The molecule has 2 aromatic carbocycles. The molecule has 0 aliphatic heterocycles. The van der Waals surface area contributed by atoms with Crippen LogP contribution in [0.2, 0.25) is 0 Å². The molecule has 21 heavy (non-hydrogen) atoms. The van der Waals surface area contributed by atoms with Gasteiger partial charge in [-0.05, 0) is 46.3 Å². The maximum Gasteiger partial charge on any atom is 0.199 e. The summed E-state index contributed by atoms with van der Waals surface area (Å²) in [7, 11) is 2.95. The summed E-state index contributed by atoms with van der Waals surface area (Å²) in [4.78, 5) is 12.5. The number of carbonyl (C=O) groups excluding carboxylic acids is 1. The average Bonchev–Trinajstić information content (AvgIpc) is 2.46. The van der Waals surface area contributed by atoms with E-state index in [0.717, 1.165) is 0 Å². The first-order valence-corrected chi connectivity index (χ1v) is 7.48. The van der Waals surface area contributed by atoms with Crippen molar-refractivity contribution >= 4 is 37.6 Å². The Hall–Kier alpha value is -1.40. The van der Waals surface area contributed by atoms with Crippen LogP contribution in [0.25, 0.3) is 0 Å². The van der Waals surface area contributed by atoms with Crippen molar-refractivity contribution in [3.63, 3.8) is 0 Å². The number of ketones is 1. The Bertz CT molecular complexity index is 702. The van der Waals surface area contributed by atoms with Crippen LogP contribution in [0.1, 0.15) is 15.9 Å². The molecule has 0 aliphatic carbocycles. The Labute approximate surface area is 138 Å². The van der Waals surface area contributed by atoms with E-state index in [0.29, 0.717) is 20.4 Å². The lowest BCUT2D eigenvalue weighted by Crippen LogP contribution is -2.07. The molecule has 0 bridgehead atoms. The number of halogens is 3. The minimum absolute atomic E-state index is 0.0198. The highest BCUT2D eigenvalue weighted by atomic mass is 79.9. The molecule has 0 aromatic heterocycles. The third-order valence-corrected chi connectivity index (χ3v) is 4.15. The molecule has 6 heteroatoms. The van der Waals surface area contributed by atoms with Crippen molar-refractivity contribution in [3.05, 3.63) is 56.2 Å². The molecule has 2 rings (SSSR count). The lowest BCUT2D eigenvalue weighted by molar-refractivity contribution is 0.103. The van der Waals surface area contributed by atoms with Gasteiger partial charge in [0.1, 0.15) is 21.8 Å². The number of rotatable bonds is 4. The number of ether oxygens (including phenoxy) is 2. The standard InChI is InChI=1S/C15H11Br2FO3/c1-20-12-6-5-10(15(21-2)13(12)17)14(19)9-4-3-8(16)7-11(9)18/h3-7H,1-2H3. The Morgan fingerprint density at radius 2 is 1.71 bits per heavy atom. The number of carbonyl (C=O) groups is 1. The minimum Gasteiger partial charge on any atom is -0.495 e. The van der Waals surface area contributed by atoms with Crippen molar-refractivity contribution < 1.29 is 18.7 Å². The molecule has 0 atom stereocenters. The third kappa shape index (κ3) is 3.11. The summed E-state index contributed by atoms with van der Waals surface area (Å²) in [6.45, 7) is 0. The third-order valence-electron chi connectivity index (χ3n) is 2.91. The summed E-state index contributed by atoms with van der Waals surface area (Å²) in [6, 6.07) is 7.46. The molecule has 110 valence electrons. The molecule has 0 saturated heterocycles. The van der Waals surface area contributed by atoms with Gasteiger partial charge in [-0.3, -0.25) is 4.79 Å². The van der Waals surface area contributed by atoms with Gasteiger partial charge in [-0.2, -0.15) is 0 Å². The highest BCUT2D eigenvalue weighted by Crippen LogP contribution is 2.38. The highest BCUT2D eigenvalue weighted by molar-refractivity contribution is 9.11. The average molecular weight is 418 g/mol. The fraction of sp³-hybridized carbons (Fsp3) is 0.133. The van der Waals surface area contributed by atoms with Gasteiger partial charge in [-0.25, -0.2) is 4.39 Å². The molecule has 0 heterocycles. The normalized spacial score (nSPS) is 10.3. The monoisotopic (exact) mass is 416 g/mol. The summed E-state index contributed by atoms with van der Waals surface area (Å²) in [6.07, 6.45) is 0. The van der Waals surface area contributed by atoms with Crippen molar-refractivity contribution in [1.29, 1.82) is 0 Å². The highest BCUT2D eigenvalue weighted by Gasteiger charge is 2.21. The first-order valence-electron chi connectivity index (χ1n) is 5.89. The summed E-state index contributed by atoms with van der Waals surface area (Å²) >= 11 is 6.48. The molecule has 2 aromatic rings. The molecule has 0 saturated carbocycles. The van der Waals surface area contributed by atoms with Gasteiger partial charge in [0.25, 0.3) is 0 Å². The molecular formula is C15H11Br2FO3. The van der Waals surface area contributed by atoms with E-state index < -0.39 is 11.6 Å². The van der Waals surface area contributed by atoms with Gasteiger partial charge in [0.05, 0.1) is 25.3 Å². The fourth-order valence-electron chi connectivity index (χ4n) is 1.89. The summed E-state index contributed by atoms with van der Waals surface area (Å²) in [5.41, 5.74) is 0.236. The SMILES string of the molecule is COc1ccc(C(=O)c2ccc(Br)cc2F)c(OC)c1Br.